The Balaban J connectivity index is 1.74. The minimum atomic E-state index is -0.0912. The first-order valence-electron chi connectivity index (χ1n) is 7.74. The maximum Gasteiger partial charge on any atom is 0.161 e. The minimum Gasteiger partial charge on any atom is -0.493 e. The molecule has 1 aliphatic heterocycles. The molecule has 0 amide bonds. The molecule has 2 aliphatic rings. The van der Waals surface area contributed by atoms with Crippen molar-refractivity contribution in [3.8, 4) is 11.5 Å². The van der Waals surface area contributed by atoms with Crippen LogP contribution in [0.25, 0.3) is 0 Å². The van der Waals surface area contributed by atoms with E-state index in [0.29, 0.717) is 11.8 Å². The molecular formula is C17H25NO3. The van der Waals surface area contributed by atoms with Crippen LogP contribution in [0.2, 0.25) is 0 Å². The maximum absolute atomic E-state index is 10.0. The molecule has 1 saturated carbocycles. The van der Waals surface area contributed by atoms with Gasteiger partial charge in [-0.25, -0.2) is 0 Å². The van der Waals surface area contributed by atoms with E-state index in [1.165, 1.54) is 17.5 Å². The monoisotopic (exact) mass is 291 g/mol. The van der Waals surface area contributed by atoms with Crippen LogP contribution in [0, 0.1) is 18.8 Å². The quantitative estimate of drug-likeness (QED) is 0.923. The Morgan fingerprint density at radius 1 is 1.14 bits per heavy atom. The Hall–Kier alpha value is -1.26. The molecule has 0 aromatic heterocycles. The lowest BCUT2D eigenvalue weighted by Crippen LogP contribution is -2.24. The standard InChI is InChI=1S/C17H25NO3/c1-11-6-16(20-2)17(21-3)7-13(11)9-18-8-12-4-5-15(19)14(12)10-18/h6-7,12,14-15,19H,4-5,8-10H2,1-3H3. The number of likely N-dealkylation sites (tertiary alicyclic amines) is 1. The summed E-state index contributed by atoms with van der Waals surface area (Å²) in [6.07, 6.45) is 2.07. The topological polar surface area (TPSA) is 41.9 Å². The van der Waals surface area contributed by atoms with Crippen LogP contribution in [0.4, 0.5) is 0 Å². The molecule has 1 aromatic carbocycles. The third-order valence-electron chi connectivity index (χ3n) is 5.13. The van der Waals surface area contributed by atoms with Gasteiger partial charge in [0.1, 0.15) is 0 Å². The van der Waals surface area contributed by atoms with Gasteiger partial charge in [0.05, 0.1) is 20.3 Å². The van der Waals surface area contributed by atoms with Gasteiger partial charge in [0.2, 0.25) is 0 Å². The number of rotatable bonds is 4. The molecular weight excluding hydrogens is 266 g/mol. The van der Waals surface area contributed by atoms with Gasteiger partial charge in [-0.05, 0) is 48.9 Å². The van der Waals surface area contributed by atoms with Crippen molar-refractivity contribution < 1.29 is 14.6 Å². The number of hydrogen-bond acceptors (Lipinski definition) is 4. The van der Waals surface area contributed by atoms with E-state index in [-0.39, 0.29) is 6.10 Å². The molecule has 0 bridgehead atoms. The SMILES string of the molecule is COc1cc(C)c(CN2CC3CCC(O)C3C2)cc1OC. The van der Waals surface area contributed by atoms with E-state index >= 15 is 0 Å². The second-order valence-electron chi connectivity index (χ2n) is 6.40. The van der Waals surface area contributed by atoms with E-state index in [2.05, 4.69) is 17.9 Å². The van der Waals surface area contributed by atoms with Gasteiger partial charge in [0.15, 0.2) is 11.5 Å². The molecule has 4 heteroatoms. The average molecular weight is 291 g/mol. The zero-order valence-electron chi connectivity index (χ0n) is 13.1. The van der Waals surface area contributed by atoms with Crippen LogP contribution in [-0.2, 0) is 6.54 Å². The summed E-state index contributed by atoms with van der Waals surface area (Å²) in [4.78, 5) is 2.46. The molecule has 1 heterocycles. The zero-order chi connectivity index (χ0) is 15.0. The van der Waals surface area contributed by atoms with E-state index in [1.807, 2.05) is 6.07 Å². The fourth-order valence-electron chi connectivity index (χ4n) is 3.89. The highest BCUT2D eigenvalue weighted by Gasteiger charge is 2.41. The normalized spacial score (nSPS) is 28.7. The van der Waals surface area contributed by atoms with Gasteiger partial charge >= 0.3 is 0 Å². The fraction of sp³-hybridized carbons (Fsp3) is 0.647. The van der Waals surface area contributed by atoms with Crippen molar-refractivity contribution in [3.63, 3.8) is 0 Å². The van der Waals surface area contributed by atoms with Crippen LogP contribution in [0.1, 0.15) is 24.0 Å². The van der Waals surface area contributed by atoms with Crippen LogP contribution in [0.5, 0.6) is 11.5 Å². The minimum absolute atomic E-state index is 0.0912. The highest BCUT2D eigenvalue weighted by atomic mass is 16.5. The number of ether oxygens (including phenoxy) is 2. The lowest BCUT2D eigenvalue weighted by Gasteiger charge is -2.20. The van der Waals surface area contributed by atoms with E-state index in [0.717, 1.165) is 37.6 Å². The number of methoxy groups -OCH3 is 2. The van der Waals surface area contributed by atoms with Crippen molar-refractivity contribution >= 4 is 0 Å². The lowest BCUT2D eigenvalue weighted by atomic mass is 10.00. The van der Waals surface area contributed by atoms with Crippen LogP contribution in [0.3, 0.4) is 0 Å². The zero-order valence-corrected chi connectivity index (χ0v) is 13.1. The summed E-state index contributed by atoms with van der Waals surface area (Å²) in [6, 6.07) is 4.12. The first-order valence-corrected chi connectivity index (χ1v) is 7.74. The summed E-state index contributed by atoms with van der Waals surface area (Å²) < 4.78 is 10.7. The summed E-state index contributed by atoms with van der Waals surface area (Å²) in [5.41, 5.74) is 2.51. The van der Waals surface area contributed by atoms with Crippen molar-refractivity contribution in [2.75, 3.05) is 27.3 Å². The summed E-state index contributed by atoms with van der Waals surface area (Å²) in [6.45, 7) is 5.16. The van der Waals surface area contributed by atoms with Crippen LogP contribution >= 0.6 is 0 Å². The number of benzene rings is 1. The van der Waals surface area contributed by atoms with Gasteiger partial charge in [-0.2, -0.15) is 0 Å². The van der Waals surface area contributed by atoms with E-state index in [9.17, 15) is 5.11 Å². The predicted octanol–water partition coefficient (Wildman–Crippen LogP) is 2.21. The van der Waals surface area contributed by atoms with E-state index in [4.69, 9.17) is 9.47 Å². The highest BCUT2D eigenvalue weighted by molar-refractivity contribution is 5.47. The van der Waals surface area contributed by atoms with Crippen molar-refractivity contribution in [1.82, 2.24) is 4.90 Å². The van der Waals surface area contributed by atoms with Gasteiger partial charge in [-0.1, -0.05) is 0 Å². The third-order valence-corrected chi connectivity index (χ3v) is 5.13. The number of aliphatic hydroxyl groups excluding tert-OH is 1. The van der Waals surface area contributed by atoms with Crippen LogP contribution < -0.4 is 9.47 Å². The van der Waals surface area contributed by atoms with Gasteiger partial charge in [-0.3, -0.25) is 4.90 Å². The number of aryl methyl sites for hydroxylation is 1. The number of nitrogens with zero attached hydrogens (tertiary/aromatic N) is 1. The molecule has 0 spiro atoms. The summed E-state index contributed by atoms with van der Waals surface area (Å²) in [5, 5.41) is 10.0. The van der Waals surface area contributed by atoms with E-state index < -0.39 is 0 Å². The second-order valence-corrected chi connectivity index (χ2v) is 6.40. The first-order chi connectivity index (χ1) is 10.1. The largest absolute Gasteiger partial charge is 0.493 e. The summed E-state index contributed by atoms with van der Waals surface area (Å²) in [7, 11) is 3.34. The molecule has 1 saturated heterocycles. The Labute approximate surface area is 126 Å². The van der Waals surface area contributed by atoms with Crippen LogP contribution in [-0.4, -0.2) is 43.4 Å². The number of hydrogen-bond donors (Lipinski definition) is 1. The third kappa shape index (κ3) is 2.74. The fourth-order valence-corrected chi connectivity index (χ4v) is 3.89. The van der Waals surface area contributed by atoms with Crippen LogP contribution in [0.15, 0.2) is 12.1 Å². The summed E-state index contributed by atoms with van der Waals surface area (Å²) >= 11 is 0. The van der Waals surface area contributed by atoms with Gasteiger partial charge in [0, 0.05) is 25.6 Å². The molecule has 3 rings (SSSR count). The smallest absolute Gasteiger partial charge is 0.161 e. The Morgan fingerprint density at radius 3 is 2.52 bits per heavy atom. The van der Waals surface area contributed by atoms with E-state index in [1.54, 1.807) is 14.2 Å². The molecule has 1 aromatic rings. The lowest BCUT2D eigenvalue weighted by molar-refractivity contribution is 0.123. The summed E-state index contributed by atoms with van der Waals surface area (Å²) in [5.74, 6) is 2.73. The molecule has 3 unspecified atom stereocenters. The Bertz CT molecular complexity index is 517. The Kier molecular flexibility index (Phi) is 4.09. The molecule has 116 valence electrons. The van der Waals surface area contributed by atoms with Gasteiger partial charge in [0.25, 0.3) is 0 Å². The molecule has 2 fully saturated rings. The molecule has 1 N–H and O–H groups in total. The Morgan fingerprint density at radius 2 is 1.86 bits per heavy atom. The van der Waals surface area contributed by atoms with Gasteiger partial charge < -0.3 is 14.6 Å². The molecule has 1 aliphatic carbocycles. The maximum atomic E-state index is 10.0. The number of aliphatic hydroxyl groups is 1. The molecule has 21 heavy (non-hydrogen) atoms. The highest BCUT2D eigenvalue weighted by Crippen LogP contribution is 2.39. The van der Waals surface area contributed by atoms with Crippen molar-refractivity contribution in [2.24, 2.45) is 11.8 Å². The molecule has 3 atom stereocenters. The molecule has 0 radical (unpaired) electrons. The molecule has 4 nitrogen and oxygen atoms in total. The average Bonchev–Trinajstić information content (AvgIpc) is 3.03. The van der Waals surface area contributed by atoms with Crippen molar-refractivity contribution in [2.45, 2.75) is 32.4 Å². The van der Waals surface area contributed by atoms with Crippen molar-refractivity contribution in [1.29, 1.82) is 0 Å². The second kappa shape index (κ2) is 5.85. The predicted molar refractivity (Wildman–Crippen MR) is 81.8 cm³/mol. The van der Waals surface area contributed by atoms with Gasteiger partial charge in [-0.15, -0.1) is 0 Å². The number of fused-ring (bicyclic) bond motifs is 1. The first kappa shape index (κ1) is 14.7. The van der Waals surface area contributed by atoms with Crippen molar-refractivity contribution in [3.05, 3.63) is 23.3 Å².